The first-order valence-electron chi connectivity index (χ1n) is 7.44. The van der Waals surface area contributed by atoms with Crippen molar-refractivity contribution in [3.05, 3.63) is 29.3 Å². The van der Waals surface area contributed by atoms with Crippen LogP contribution in [-0.4, -0.2) is 6.61 Å². The Morgan fingerprint density at radius 2 is 1.37 bits per heavy atom. The zero-order chi connectivity index (χ0) is 14.7. The molecule has 1 aromatic rings. The molecule has 0 aliphatic heterocycles. The molecule has 0 unspecified atom stereocenters. The van der Waals surface area contributed by atoms with Gasteiger partial charge in [-0.3, -0.25) is 0 Å². The van der Waals surface area contributed by atoms with Crippen LogP contribution >= 0.6 is 0 Å². The summed E-state index contributed by atoms with van der Waals surface area (Å²) in [5, 5.41) is 0. The number of para-hydroxylation sites is 1. The van der Waals surface area contributed by atoms with E-state index in [9.17, 15) is 0 Å². The molecule has 1 rings (SSSR count). The Morgan fingerprint density at radius 1 is 0.895 bits per heavy atom. The molecule has 0 aliphatic carbocycles. The molecule has 0 heterocycles. The zero-order valence-corrected chi connectivity index (χ0v) is 13.8. The van der Waals surface area contributed by atoms with E-state index in [4.69, 9.17) is 4.74 Å². The molecule has 0 spiro atoms. The third-order valence-corrected chi connectivity index (χ3v) is 3.38. The van der Waals surface area contributed by atoms with Gasteiger partial charge in [0.25, 0.3) is 0 Å². The molecule has 1 aromatic carbocycles. The summed E-state index contributed by atoms with van der Waals surface area (Å²) in [5.74, 6) is 1.11. The summed E-state index contributed by atoms with van der Waals surface area (Å²) >= 11 is 0. The fourth-order valence-electron chi connectivity index (χ4n) is 2.19. The first-order valence-corrected chi connectivity index (χ1v) is 7.44. The van der Waals surface area contributed by atoms with Crippen molar-refractivity contribution >= 4 is 0 Å². The van der Waals surface area contributed by atoms with E-state index < -0.39 is 0 Å². The fraction of sp³-hybridized carbons (Fsp3) is 0.667. The lowest BCUT2D eigenvalue weighted by atomic mass is 9.79. The summed E-state index contributed by atoms with van der Waals surface area (Å²) in [5.41, 5.74) is 2.86. The highest BCUT2D eigenvalue weighted by atomic mass is 16.5. The monoisotopic (exact) mass is 262 g/mol. The second-order valence-corrected chi connectivity index (χ2v) is 7.38. The van der Waals surface area contributed by atoms with E-state index in [0.717, 1.165) is 18.8 Å². The number of benzene rings is 1. The van der Waals surface area contributed by atoms with Crippen molar-refractivity contribution < 1.29 is 4.74 Å². The van der Waals surface area contributed by atoms with Gasteiger partial charge in [-0.2, -0.15) is 0 Å². The van der Waals surface area contributed by atoms with Gasteiger partial charge in [0.05, 0.1) is 6.61 Å². The highest BCUT2D eigenvalue weighted by Gasteiger charge is 2.26. The van der Waals surface area contributed by atoms with E-state index >= 15 is 0 Å². The number of rotatable bonds is 4. The largest absolute Gasteiger partial charge is 0.493 e. The molecule has 0 atom stereocenters. The maximum absolute atomic E-state index is 6.16. The van der Waals surface area contributed by atoms with Gasteiger partial charge in [0.1, 0.15) is 5.75 Å². The predicted molar refractivity (Wildman–Crippen MR) is 84.2 cm³/mol. The molecule has 19 heavy (non-hydrogen) atoms. The highest BCUT2D eigenvalue weighted by molar-refractivity contribution is 5.48. The standard InChI is InChI=1S/C18H30O/c1-8-9-13-19-16-14(17(2,3)4)11-10-12-15(16)18(5,6)7/h10-12H,8-9,13H2,1-7H3. The molecular formula is C18H30O. The average Bonchev–Trinajstić information content (AvgIpc) is 2.26. The molecule has 1 nitrogen and oxygen atoms in total. The van der Waals surface area contributed by atoms with E-state index in [0.29, 0.717) is 0 Å². The van der Waals surface area contributed by atoms with Crippen LogP contribution in [0.15, 0.2) is 18.2 Å². The van der Waals surface area contributed by atoms with Crippen molar-refractivity contribution in [3.8, 4) is 5.75 Å². The molecule has 0 fully saturated rings. The lowest BCUT2D eigenvalue weighted by Crippen LogP contribution is -2.19. The molecule has 0 bridgehead atoms. The summed E-state index contributed by atoms with van der Waals surface area (Å²) in [7, 11) is 0. The van der Waals surface area contributed by atoms with Crippen molar-refractivity contribution in [2.24, 2.45) is 0 Å². The fourth-order valence-corrected chi connectivity index (χ4v) is 2.19. The number of ether oxygens (including phenoxy) is 1. The van der Waals surface area contributed by atoms with Crippen molar-refractivity contribution in [2.45, 2.75) is 72.1 Å². The van der Waals surface area contributed by atoms with Crippen molar-refractivity contribution in [1.29, 1.82) is 0 Å². The Morgan fingerprint density at radius 3 is 1.74 bits per heavy atom. The summed E-state index contributed by atoms with van der Waals surface area (Å²) in [6.45, 7) is 16.5. The summed E-state index contributed by atoms with van der Waals surface area (Å²) in [6.07, 6.45) is 2.28. The second kappa shape index (κ2) is 5.98. The topological polar surface area (TPSA) is 9.23 Å². The van der Waals surface area contributed by atoms with Crippen LogP contribution in [0.3, 0.4) is 0 Å². The van der Waals surface area contributed by atoms with Gasteiger partial charge in [0.2, 0.25) is 0 Å². The predicted octanol–water partition coefficient (Wildman–Crippen LogP) is 5.46. The molecule has 0 amide bonds. The molecule has 0 aromatic heterocycles. The quantitative estimate of drug-likeness (QED) is 0.655. The van der Waals surface area contributed by atoms with Crippen LogP contribution in [-0.2, 0) is 10.8 Å². The van der Waals surface area contributed by atoms with Gasteiger partial charge >= 0.3 is 0 Å². The minimum Gasteiger partial charge on any atom is -0.493 e. The summed E-state index contributed by atoms with van der Waals surface area (Å²) in [6, 6.07) is 6.57. The first kappa shape index (κ1) is 16.1. The minimum absolute atomic E-state index is 0.114. The first-order chi connectivity index (χ1) is 8.68. The van der Waals surface area contributed by atoms with Gasteiger partial charge in [-0.15, -0.1) is 0 Å². The van der Waals surface area contributed by atoms with E-state index in [2.05, 4.69) is 66.7 Å². The van der Waals surface area contributed by atoms with Crippen molar-refractivity contribution in [1.82, 2.24) is 0 Å². The Kier molecular flexibility index (Phi) is 5.06. The van der Waals surface area contributed by atoms with Crippen LogP contribution in [0.25, 0.3) is 0 Å². The van der Waals surface area contributed by atoms with Crippen LogP contribution < -0.4 is 4.74 Å². The second-order valence-electron chi connectivity index (χ2n) is 7.38. The lowest BCUT2D eigenvalue weighted by molar-refractivity contribution is 0.293. The number of hydrogen-bond donors (Lipinski definition) is 0. The third-order valence-electron chi connectivity index (χ3n) is 3.38. The van der Waals surface area contributed by atoms with Gasteiger partial charge in [0, 0.05) is 0 Å². The Bertz CT molecular complexity index is 372. The molecule has 108 valence electrons. The van der Waals surface area contributed by atoms with Gasteiger partial charge in [0.15, 0.2) is 0 Å². The van der Waals surface area contributed by atoms with Crippen LogP contribution in [0.1, 0.15) is 72.4 Å². The Hall–Kier alpha value is -0.980. The summed E-state index contributed by atoms with van der Waals surface area (Å²) < 4.78 is 6.16. The highest BCUT2D eigenvalue weighted by Crippen LogP contribution is 2.39. The molecule has 0 aliphatic rings. The Balaban J connectivity index is 3.25. The average molecular weight is 262 g/mol. The van der Waals surface area contributed by atoms with Crippen LogP contribution in [0.4, 0.5) is 0 Å². The maximum Gasteiger partial charge on any atom is 0.126 e. The number of hydrogen-bond acceptors (Lipinski definition) is 1. The minimum atomic E-state index is 0.114. The van der Waals surface area contributed by atoms with Gasteiger partial charge < -0.3 is 4.74 Å². The molecule has 0 saturated carbocycles. The Labute approximate surface area is 119 Å². The molecule has 0 N–H and O–H groups in total. The maximum atomic E-state index is 6.16. The zero-order valence-electron chi connectivity index (χ0n) is 13.8. The van der Waals surface area contributed by atoms with E-state index in [1.165, 1.54) is 17.5 Å². The van der Waals surface area contributed by atoms with Gasteiger partial charge in [-0.1, -0.05) is 73.1 Å². The van der Waals surface area contributed by atoms with Gasteiger partial charge in [-0.05, 0) is 28.4 Å². The van der Waals surface area contributed by atoms with E-state index in [-0.39, 0.29) is 10.8 Å². The van der Waals surface area contributed by atoms with Crippen molar-refractivity contribution in [2.75, 3.05) is 6.61 Å². The van der Waals surface area contributed by atoms with Crippen LogP contribution in [0.5, 0.6) is 5.75 Å². The third kappa shape index (κ3) is 4.26. The molecule has 1 heteroatoms. The van der Waals surface area contributed by atoms with Gasteiger partial charge in [-0.25, -0.2) is 0 Å². The molecule has 0 radical (unpaired) electrons. The summed E-state index contributed by atoms with van der Waals surface area (Å²) in [4.78, 5) is 0. The molecular weight excluding hydrogens is 232 g/mol. The lowest BCUT2D eigenvalue weighted by Gasteiger charge is -2.29. The number of unbranched alkanes of at least 4 members (excludes halogenated alkanes) is 1. The normalized spacial score (nSPS) is 12.6. The smallest absolute Gasteiger partial charge is 0.126 e. The van der Waals surface area contributed by atoms with Crippen molar-refractivity contribution in [3.63, 3.8) is 0 Å². The SMILES string of the molecule is CCCCOc1c(C(C)(C)C)cccc1C(C)(C)C. The van der Waals surface area contributed by atoms with Crippen LogP contribution in [0.2, 0.25) is 0 Å². The molecule has 0 saturated heterocycles. The van der Waals surface area contributed by atoms with E-state index in [1.807, 2.05) is 0 Å². The van der Waals surface area contributed by atoms with E-state index in [1.54, 1.807) is 0 Å². The van der Waals surface area contributed by atoms with Crippen LogP contribution in [0, 0.1) is 0 Å².